The van der Waals surface area contributed by atoms with Crippen molar-refractivity contribution in [2.75, 3.05) is 6.61 Å². The molecule has 0 bridgehead atoms. The number of benzene rings is 1. The van der Waals surface area contributed by atoms with Crippen LogP contribution in [0.4, 0.5) is 0 Å². The number of aryl methyl sites for hydroxylation is 3. The number of pyridine rings is 1. The zero-order valence-electron chi connectivity index (χ0n) is 15.2. The molecule has 1 unspecified atom stereocenters. The van der Waals surface area contributed by atoms with E-state index in [1.54, 1.807) is 6.07 Å². The van der Waals surface area contributed by atoms with Gasteiger partial charge < -0.3 is 15.0 Å². The number of rotatable bonds is 3. The third-order valence-corrected chi connectivity index (χ3v) is 5.31. The Hall–Kier alpha value is -2.08. The number of hydrogen-bond donors (Lipinski definition) is 2. The number of hydrogen-bond acceptors (Lipinski definition) is 3. The molecule has 138 valence electrons. The number of ether oxygens (including phenoxy) is 1. The number of amides is 1. The Morgan fingerprint density at radius 2 is 2.12 bits per heavy atom. The average molecular weight is 419 g/mol. The molecule has 5 nitrogen and oxygen atoms in total. The van der Waals surface area contributed by atoms with Crippen molar-refractivity contribution in [2.24, 2.45) is 5.92 Å². The number of fused-ring (bicyclic) bond motifs is 1. The van der Waals surface area contributed by atoms with Gasteiger partial charge in [-0.25, -0.2) is 0 Å². The Labute approximate surface area is 161 Å². The van der Waals surface area contributed by atoms with E-state index in [9.17, 15) is 9.59 Å². The fourth-order valence-corrected chi connectivity index (χ4v) is 3.83. The summed E-state index contributed by atoms with van der Waals surface area (Å²) in [5, 5.41) is 2.85. The summed E-state index contributed by atoms with van der Waals surface area (Å²) in [6.45, 7) is 6.76. The zero-order chi connectivity index (χ0) is 18.8. The smallest absolute Gasteiger partial charge is 0.253 e. The van der Waals surface area contributed by atoms with Crippen LogP contribution in [-0.2, 0) is 13.0 Å². The zero-order valence-corrected chi connectivity index (χ0v) is 16.8. The molecule has 1 aromatic heterocycles. The highest BCUT2D eigenvalue weighted by Gasteiger charge is 2.19. The highest BCUT2D eigenvalue weighted by atomic mass is 79.9. The maximum atomic E-state index is 12.6. The van der Waals surface area contributed by atoms with Crippen LogP contribution < -0.4 is 15.6 Å². The summed E-state index contributed by atoms with van der Waals surface area (Å²) in [5.74, 6) is 1.12. The van der Waals surface area contributed by atoms with E-state index in [4.69, 9.17) is 4.74 Å². The van der Waals surface area contributed by atoms with Gasteiger partial charge in [-0.1, -0.05) is 6.92 Å². The van der Waals surface area contributed by atoms with Gasteiger partial charge in [0.1, 0.15) is 5.75 Å². The molecular weight excluding hydrogens is 396 g/mol. The third-order valence-electron chi connectivity index (χ3n) is 4.72. The normalized spacial score (nSPS) is 16.4. The number of carbonyl (C=O) groups is 1. The highest BCUT2D eigenvalue weighted by molar-refractivity contribution is 9.10. The lowest BCUT2D eigenvalue weighted by atomic mass is 10.0. The van der Waals surface area contributed by atoms with Crippen LogP contribution in [0.3, 0.4) is 0 Å². The molecule has 1 atom stereocenters. The Morgan fingerprint density at radius 3 is 2.85 bits per heavy atom. The molecule has 1 aromatic carbocycles. The maximum absolute atomic E-state index is 12.6. The van der Waals surface area contributed by atoms with Gasteiger partial charge in [-0.05, 0) is 77.9 Å². The molecule has 2 aromatic rings. The van der Waals surface area contributed by atoms with Crippen LogP contribution in [0, 0.1) is 19.8 Å². The summed E-state index contributed by atoms with van der Waals surface area (Å²) >= 11 is 3.52. The van der Waals surface area contributed by atoms with Crippen molar-refractivity contribution in [2.45, 2.75) is 40.2 Å². The number of aromatic nitrogens is 1. The van der Waals surface area contributed by atoms with Crippen molar-refractivity contribution >= 4 is 21.8 Å². The van der Waals surface area contributed by atoms with Gasteiger partial charge in [0, 0.05) is 23.4 Å². The van der Waals surface area contributed by atoms with E-state index in [0.717, 1.165) is 39.9 Å². The van der Waals surface area contributed by atoms with Crippen LogP contribution >= 0.6 is 15.9 Å². The summed E-state index contributed by atoms with van der Waals surface area (Å²) in [6.07, 6.45) is 1.91. The van der Waals surface area contributed by atoms with Crippen molar-refractivity contribution < 1.29 is 9.53 Å². The second kappa shape index (κ2) is 7.66. The Bertz CT molecular complexity index is 905. The van der Waals surface area contributed by atoms with Gasteiger partial charge in [-0.15, -0.1) is 0 Å². The van der Waals surface area contributed by atoms with Crippen LogP contribution in [0.5, 0.6) is 5.75 Å². The summed E-state index contributed by atoms with van der Waals surface area (Å²) in [4.78, 5) is 27.5. The van der Waals surface area contributed by atoms with E-state index in [0.29, 0.717) is 23.7 Å². The van der Waals surface area contributed by atoms with Crippen LogP contribution in [0.15, 0.2) is 27.5 Å². The van der Waals surface area contributed by atoms with Crippen LogP contribution in [0.25, 0.3) is 0 Å². The molecule has 0 spiro atoms. The van der Waals surface area contributed by atoms with Crippen LogP contribution in [-0.4, -0.2) is 17.5 Å². The molecular formula is C20H23BrN2O3. The molecule has 26 heavy (non-hydrogen) atoms. The molecule has 0 saturated carbocycles. The van der Waals surface area contributed by atoms with Crippen molar-refractivity contribution in [1.82, 2.24) is 10.3 Å². The molecule has 2 heterocycles. The molecule has 1 amide bonds. The van der Waals surface area contributed by atoms with Crippen molar-refractivity contribution in [3.05, 3.63) is 61.0 Å². The molecule has 0 radical (unpaired) electrons. The first-order valence-corrected chi connectivity index (χ1v) is 9.57. The second-order valence-electron chi connectivity index (χ2n) is 7.03. The van der Waals surface area contributed by atoms with Crippen LogP contribution in [0.2, 0.25) is 0 Å². The van der Waals surface area contributed by atoms with E-state index in [-0.39, 0.29) is 18.0 Å². The van der Waals surface area contributed by atoms with Crippen molar-refractivity contribution in [3.63, 3.8) is 0 Å². The fraction of sp³-hybridized carbons (Fsp3) is 0.400. The minimum Gasteiger partial charge on any atom is -0.492 e. The largest absolute Gasteiger partial charge is 0.492 e. The fourth-order valence-electron chi connectivity index (χ4n) is 3.21. The lowest BCUT2D eigenvalue weighted by molar-refractivity contribution is 0.0950. The summed E-state index contributed by atoms with van der Waals surface area (Å²) in [6, 6.07) is 5.57. The molecule has 0 aliphatic carbocycles. The molecule has 0 saturated heterocycles. The number of H-pyrrole nitrogens is 1. The first-order chi connectivity index (χ1) is 12.3. The predicted octanol–water partition coefficient (Wildman–Crippen LogP) is 3.65. The number of aromatic amines is 1. The SMILES string of the molecule is Cc1cc(C)c(CNC(=O)c2cc(Br)c3c(c2)CCC(C)CO3)c(=O)[nH]1. The number of halogens is 1. The van der Waals surface area contributed by atoms with Gasteiger partial charge in [0.15, 0.2) is 0 Å². The molecule has 1 aliphatic heterocycles. The predicted molar refractivity (Wildman–Crippen MR) is 105 cm³/mol. The van der Waals surface area contributed by atoms with Crippen LogP contribution in [0.1, 0.15) is 46.1 Å². The standard InChI is InChI=1S/C20H23BrN2O3/c1-11-4-5-14-7-15(8-17(21)18(14)26-10-11)19(24)22-9-16-12(2)6-13(3)23-20(16)25/h6-8,11H,4-5,9-10H2,1-3H3,(H,22,24)(H,23,25). The monoisotopic (exact) mass is 418 g/mol. The second-order valence-corrected chi connectivity index (χ2v) is 7.88. The minimum absolute atomic E-state index is 0.159. The quantitative estimate of drug-likeness (QED) is 0.798. The summed E-state index contributed by atoms with van der Waals surface area (Å²) in [5.41, 5.74) is 3.71. The molecule has 6 heteroatoms. The first-order valence-electron chi connectivity index (χ1n) is 8.78. The molecule has 1 aliphatic rings. The minimum atomic E-state index is -0.204. The number of nitrogens with one attached hydrogen (secondary N) is 2. The third kappa shape index (κ3) is 4.01. The van der Waals surface area contributed by atoms with E-state index in [1.165, 1.54) is 0 Å². The lowest BCUT2D eigenvalue weighted by Crippen LogP contribution is -2.28. The van der Waals surface area contributed by atoms with Gasteiger partial charge in [0.25, 0.3) is 11.5 Å². The van der Waals surface area contributed by atoms with E-state index in [1.807, 2.05) is 26.0 Å². The van der Waals surface area contributed by atoms with Gasteiger partial charge in [0.2, 0.25) is 0 Å². The van der Waals surface area contributed by atoms with Crippen molar-refractivity contribution in [3.8, 4) is 5.75 Å². The van der Waals surface area contributed by atoms with Gasteiger partial charge in [0.05, 0.1) is 11.1 Å². The summed E-state index contributed by atoms with van der Waals surface area (Å²) < 4.78 is 6.66. The highest BCUT2D eigenvalue weighted by Crippen LogP contribution is 2.34. The van der Waals surface area contributed by atoms with Gasteiger partial charge in [-0.2, -0.15) is 0 Å². The number of carbonyl (C=O) groups excluding carboxylic acids is 1. The van der Waals surface area contributed by atoms with Gasteiger partial charge in [-0.3, -0.25) is 9.59 Å². The van der Waals surface area contributed by atoms with Crippen molar-refractivity contribution in [1.29, 1.82) is 0 Å². The average Bonchev–Trinajstić information content (AvgIpc) is 2.76. The van der Waals surface area contributed by atoms with Gasteiger partial charge >= 0.3 is 0 Å². The summed E-state index contributed by atoms with van der Waals surface area (Å²) in [7, 11) is 0. The molecule has 0 fully saturated rings. The van der Waals surface area contributed by atoms with E-state index < -0.39 is 0 Å². The topological polar surface area (TPSA) is 71.2 Å². The molecule has 3 rings (SSSR count). The maximum Gasteiger partial charge on any atom is 0.253 e. The lowest BCUT2D eigenvalue weighted by Gasteiger charge is -2.13. The Morgan fingerprint density at radius 1 is 1.35 bits per heavy atom. The first kappa shape index (κ1) is 18.7. The van der Waals surface area contributed by atoms with E-state index >= 15 is 0 Å². The van der Waals surface area contributed by atoms with E-state index in [2.05, 4.69) is 33.2 Å². The molecule has 2 N–H and O–H groups in total. The Balaban J connectivity index is 1.79. The Kier molecular flexibility index (Phi) is 5.51.